The number of carbonyl (C=O) groups is 1. The van der Waals surface area contributed by atoms with E-state index >= 15 is 0 Å². The number of hydrogen-bond acceptors (Lipinski definition) is 3. The maximum atomic E-state index is 11.7. The van der Waals surface area contributed by atoms with Crippen LogP contribution < -0.4 is 4.74 Å². The van der Waals surface area contributed by atoms with Gasteiger partial charge in [-0.25, -0.2) is 4.79 Å². The lowest BCUT2D eigenvalue weighted by Crippen LogP contribution is -2.30. The summed E-state index contributed by atoms with van der Waals surface area (Å²) in [6.45, 7) is 6.51. The fourth-order valence-electron chi connectivity index (χ4n) is 2.03. The quantitative estimate of drug-likeness (QED) is 0.781. The fraction of sp³-hybridized carbons (Fsp3) is 0.562. The van der Waals surface area contributed by atoms with Crippen LogP contribution in [0.15, 0.2) is 24.3 Å². The zero-order valence-corrected chi connectivity index (χ0v) is 12.1. The minimum Gasteiger partial charge on any atom is -0.478 e. The summed E-state index contributed by atoms with van der Waals surface area (Å²) in [6, 6.07) is 7.96. The van der Waals surface area contributed by atoms with E-state index in [1.165, 1.54) is 12.7 Å². The molecule has 1 aromatic rings. The van der Waals surface area contributed by atoms with E-state index in [4.69, 9.17) is 9.47 Å². The summed E-state index contributed by atoms with van der Waals surface area (Å²) in [7, 11) is 1.41. The van der Waals surface area contributed by atoms with Crippen molar-refractivity contribution in [3.63, 3.8) is 0 Å². The van der Waals surface area contributed by atoms with Gasteiger partial charge in [0, 0.05) is 5.92 Å². The molecule has 0 bridgehead atoms. The lowest BCUT2D eigenvalue weighted by molar-refractivity contribution is -0.149. The smallest absolute Gasteiger partial charge is 0.347 e. The van der Waals surface area contributed by atoms with E-state index in [1.54, 1.807) is 0 Å². The largest absolute Gasteiger partial charge is 0.478 e. The summed E-state index contributed by atoms with van der Waals surface area (Å²) >= 11 is 0. The summed E-state index contributed by atoms with van der Waals surface area (Å²) in [4.78, 5) is 11.7. The van der Waals surface area contributed by atoms with Gasteiger partial charge in [-0.3, -0.25) is 0 Å². The second-order valence-corrected chi connectivity index (χ2v) is 6.17. The molecular formula is C16H22O3. The summed E-state index contributed by atoms with van der Waals surface area (Å²) in [6.07, 6.45) is 1.63. The number of rotatable bonds is 4. The third kappa shape index (κ3) is 3.49. The maximum Gasteiger partial charge on any atom is 0.347 e. The van der Waals surface area contributed by atoms with Gasteiger partial charge in [0.1, 0.15) is 5.75 Å². The third-order valence-corrected chi connectivity index (χ3v) is 3.47. The van der Waals surface area contributed by atoms with Crippen LogP contribution in [0.5, 0.6) is 5.75 Å². The standard InChI is InChI=1S/C16H22O3/c1-16(2,3)12-7-9-13(10-8-12)19-14(11-5-6-11)15(17)18-4/h7-11,14H,5-6H2,1-4H3. The highest BCUT2D eigenvalue weighted by Gasteiger charge is 2.39. The van der Waals surface area contributed by atoms with E-state index in [0.29, 0.717) is 5.92 Å². The molecule has 1 saturated carbocycles. The molecule has 1 aromatic carbocycles. The Bertz CT molecular complexity index is 438. The van der Waals surface area contributed by atoms with Crippen LogP contribution >= 0.6 is 0 Å². The number of benzene rings is 1. The van der Waals surface area contributed by atoms with E-state index in [2.05, 4.69) is 32.9 Å². The zero-order chi connectivity index (χ0) is 14.0. The van der Waals surface area contributed by atoms with Crippen molar-refractivity contribution in [3.8, 4) is 5.75 Å². The van der Waals surface area contributed by atoms with Gasteiger partial charge in [0.25, 0.3) is 0 Å². The Kier molecular flexibility index (Phi) is 3.83. The molecule has 3 heteroatoms. The number of carbonyl (C=O) groups excluding carboxylic acids is 1. The number of hydrogen-bond donors (Lipinski definition) is 0. The van der Waals surface area contributed by atoms with E-state index in [-0.39, 0.29) is 11.4 Å². The molecular weight excluding hydrogens is 240 g/mol. The summed E-state index contributed by atoms with van der Waals surface area (Å²) in [5.74, 6) is 0.771. The van der Waals surface area contributed by atoms with Gasteiger partial charge in [-0.2, -0.15) is 0 Å². The SMILES string of the molecule is COC(=O)C(Oc1ccc(C(C)(C)C)cc1)C1CC1. The van der Waals surface area contributed by atoms with Gasteiger partial charge in [0.2, 0.25) is 0 Å². The second-order valence-electron chi connectivity index (χ2n) is 6.17. The van der Waals surface area contributed by atoms with Crippen molar-refractivity contribution < 1.29 is 14.3 Å². The molecule has 0 aromatic heterocycles. The first kappa shape index (κ1) is 13.9. The Morgan fingerprint density at radius 1 is 1.21 bits per heavy atom. The Morgan fingerprint density at radius 2 is 1.79 bits per heavy atom. The molecule has 0 N–H and O–H groups in total. The Morgan fingerprint density at radius 3 is 2.21 bits per heavy atom. The van der Waals surface area contributed by atoms with Crippen molar-refractivity contribution in [2.45, 2.75) is 45.1 Å². The molecule has 2 rings (SSSR count). The van der Waals surface area contributed by atoms with Crippen LogP contribution in [-0.2, 0) is 14.9 Å². The number of ether oxygens (including phenoxy) is 2. The van der Waals surface area contributed by atoms with E-state index in [0.717, 1.165) is 18.6 Å². The highest BCUT2D eigenvalue weighted by Crippen LogP contribution is 2.35. The van der Waals surface area contributed by atoms with Gasteiger partial charge in [-0.05, 0) is 36.0 Å². The molecule has 1 atom stereocenters. The van der Waals surface area contributed by atoms with Crippen LogP contribution in [0.3, 0.4) is 0 Å². The Hall–Kier alpha value is -1.51. The van der Waals surface area contributed by atoms with Crippen molar-refractivity contribution in [2.75, 3.05) is 7.11 Å². The van der Waals surface area contributed by atoms with E-state index in [9.17, 15) is 4.79 Å². The average molecular weight is 262 g/mol. The van der Waals surface area contributed by atoms with Crippen LogP contribution in [0.25, 0.3) is 0 Å². The Balaban J connectivity index is 2.07. The Labute approximate surface area is 114 Å². The van der Waals surface area contributed by atoms with Crippen LogP contribution in [0.1, 0.15) is 39.2 Å². The van der Waals surface area contributed by atoms with Crippen molar-refractivity contribution >= 4 is 5.97 Å². The predicted octanol–water partition coefficient (Wildman–Crippen LogP) is 3.31. The molecule has 0 spiro atoms. The molecule has 1 fully saturated rings. The molecule has 1 aliphatic rings. The third-order valence-electron chi connectivity index (χ3n) is 3.47. The zero-order valence-electron chi connectivity index (χ0n) is 12.1. The van der Waals surface area contributed by atoms with Crippen LogP contribution in [0, 0.1) is 5.92 Å². The van der Waals surface area contributed by atoms with Crippen molar-refractivity contribution in [1.29, 1.82) is 0 Å². The molecule has 19 heavy (non-hydrogen) atoms. The van der Waals surface area contributed by atoms with Gasteiger partial charge >= 0.3 is 5.97 Å². The topological polar surface area (TPSA) is 35.5 Å². The molecule has 104 valence electrons. The molecule has 1 aliphatic carbocycles. The second kappa shape index (κ2) is 5.24. The summed E-state index contributed by atoms with van der Waals surface area (Å²) in [5, 5.41) is 0. The van der Waals surface area contributed by atoms with Crippen LogP contribution in [0.4, 0.5) is 0 Å². The first-order valence-electron chi connectivity index (χ1n) is 6.77. The number of methoxy groups -OCH3 is 1. The summed E-state index contributed by atoms with van der Waals surface area (Å²) < 4.78 is 10.6. The molecule has 0 saturated heterocycles. The first-order chi connectivity index (χ1) is 8.91. The van der Waals surface area contributed by atoms with E-state index in [1.807, 2.05) is 12.1 Å². The number of esters is 1. The van der Waals surface area contributed by atoms with Gasteiger partial charge in [-0.15, -0.1) is 0 Å². The molecule has 3 nitrogen and oxygen atoms in total. The molecule has 0 amide bonds. The average Bonchev–Trinajstić information content (AvgIpc) is 3.19. The van der Waals surface area contributed by atoms with E-state index < -0.39 is 6.10 Å². The molecule has 0 radical (unpaired) electrons. The van der Waals surface area contributed by atoms with Gasteiger partial charge < -0.3 is 9.47 Å². The maximum absolute atomic E-state index is 11.7. The normalized spacial score (nSPS) is 16.8. The minimum atomic E-state index is -0.453. The minimum absolute atomic E-state index is 0.122. The van der Waals surface area contributed by atoms with Crippen molar-refractivity contribution in [1.82, 2.24) is 0 Å². The van der Waals surface area contributed by atoms with Gasteiger partial charge in [0.15, 0.2) is 6.10 Å². The van der Waals surface area contributed by atoms with Crippen LogP contribution in [0.2, 0.25) is 0 Å². The van der Waals surface area contributed by atoms with Crippen molar-refractivity contribution in [2.24, 2.45) is 5.92 Å². The lowest BCUT2D eigenvalue weighted by Gasteiger charge is -2.20. The molecule has 0 heterocycles. The molecule has 1 unspecified atom stereocenters. The lowest BCUT2D eigenvalue weighted by atomic mass is 9.87. The molecule has 0 aliphatic heterocycles. The van der Waals surface area contributed by atoms with Crippen LogP contribution in [-0.4, -0.2) is 19.2 Å². The first-order valence-corrected chi connectivity index (χ1v) is 6.77. The van der Waals surface area contributed by atoms with Gasteiger partial charge in [-0.1, -0.05) is 32.9 Å². The monoisotopic (exact) mass is 262 g/mol. The highest BCUT2D eigenvalue weighted by molar-refractivity contribution is 5.75. The fourth-order valence-corrected chi connectivity index (χ4v) is 2.03. The van der Waals surface area contributed by atoms with Crippen molar-refractivity contribution in [3.05, 3.63) is 29.8 Å². The predicted molar refractivity (Wildman–Crippen MR) is 74.3 cm³/mol. The summed E-state index contributed by atoms with van der Waals surface area (Å²) in [5.41, 5.74) is 1.37. The highest BCUT2D eigenvalue weighted by atomic mass is 16.6. The van der Waals surface area contributed by atoms with Gasteiger partial charge in [0.05, 0.1) is 7.11 Å².